The molecule has 0 amide bonds. The molecular formula is C16H23NO3. The predicted molar refractivity (Wildman–Crippen MR) is 77.7 cm³/mol. The highest BCUT2D eigenvalue weighted by Crippen LogP contribution is 2.25. The van der Waals surface area contributed by atoms with Gasteiger partial charge < -0.3 is 14.8 Å². The van der Waals surface area contributed by atoms with Crippen molar-refractivity contribution >= 4 is 5.97 Å². The normalized spacial score (nSPS) is 14.8. The van der Waals surface area contributed by atoms with Gasteiger partial charge in [-0.25, -0.2) is 0 Å². The molecule has 0 saturated carbocycles. The molecule has 1 aliphatic heterocycles. The molecule has 0 radical (unpaired) electrons. The second-order valence-corrected chi connectivity index (χ2v) is 5.63. The molecule has 110 valence electrons. The largest absolute Gasteiger partial charge is 0.493 e. The van der Waals surface area contributed by atoms with Gasteiger partial charge in [-0.2, -0.15) is 0 Å². The number of carbonyl (C=O) groups is 1. The van der Waals surface area contributed by atoms with Gasteiger partial charge >= 0.3 is 5.97 Å². The summed E-state index contributed by atoms with van der Waals surface area (Å²) in [5, 5.41) is 3.29. The van der Waals surface area contributed by atoms with Crippen molar-refractivity contribution in [3.05, 3.63) is 29.3 Å². The summed E-state index contributed by atoms with van der Waals surface area (Å²) in [6.45, 7) is 5.64. The zero-order valence-electron chi connectivity index (χ0n) is 12.4. The molecule has 1 unspecified atom stereocenters. The second kappa shape index (κ2) is 6.75. The van der Waals surface area contributed by atoms with Gasteiger partial charge in [-0.1, -0.05) is 26.0 Å². The Morgan fingerprint density at radius 1 is 1.45 bits per heavy atom. The first-order valence-corrected chi connectivity index (χ1v) is 7.16. The molecule has 1 aromatic carbocycles. The molecule has 20 heavy (non-hydrogen) atoms. The molecular weight excluding hydrogens is 254 g/mol. The van der Waals surface area contributed by atoms with E-state index >= 15 is 0 Å². The highest BCUT2D eigenvalue weighted by molar-refractivity contribution is 5.75. The maximum Gasteiger partial charge on any atom is 0.322 e. The number of ether oxygens (including phenoxy) is 2. The van der Waals surface area contributed by atoms with Crippen LogP contribution in [0.25, 0.3) is 0 Å². The van der Waals surface area contributed by atoms with Crippen molar-refractivity contribution in [1.29, 1.82) is 0 Å². The summed E-state index contributed by atoms with van der Waals surface area (Å²) in [4.78, 5) is 11.8. The third-order valence-corrected chi connectivity index (χ3v) is 3.50. The zero-order valence-corrected chi connectivity index (χ0v) is 12.4. The number of nitrogens with one attached hydrogen (secondary N) is 1. The molecule has 4 heteroatoms. The molecule has 1 heterocycles. The summed E-state index contributed by atoms with van der Waals surface area (Å²) in [6, 6.07) is 5.96. The summed E-state index contributed by atoms with van der Waals surface area (Å²) in [5.74, 6) is 1.24. The van der Waals surface area contributed by atoms with Crippen LogP contribution in [0.4, 0.5) is 0 Å². The third-order valence-electron chi connectivity index (χ3n) is 3.50. The van der Waals surface area contributed by atoms with Crippen LogP contribution >= 0.6 is 0 Å². The van der Waals surface area contributed by atoms with E-state index in [9.17, 15) is 4.79 Å². The second-order valence-electron chi connectivity index (χ2n) is 5.63. The fourth-order valence-electron chi connectivity index (χ4n) is 2.47. The predicted octanol–water partition coefficient (Wildman–Crippen LogP) is 2.30. The fourth-order valence-corrected chi connectivity index (χ4v) is 2.47. The van der Waals surface area contributed by atoms with Crippen molar-refractivity contribution in [3.63, 3.8) is 0 Å². The van der Waals surface area contributed by atoms with E-state index in [-0.39, 0.29) is 12.0 Å². The van der Waals surface area contributed by atoms with Crippen molar-refractivity contribution in [3.8, 4) is 5.75 Å². The lowest BCUT2D eigenvalue weighted by molar-refractivity contribution is -0.143. The first-order valence-electron chi connectivity index (χ1n) is 7.16. The quantitative estimate of drug-likeness (QED) is 0.811. The van der Waals surface area contributed by atoms with E-state index in [4.69, 9.17) is 9.47 Å². The summed E-state index contributed by atoms with van der Waals surface area (Å²) < 4.78 is 10.3. The van der Waals surface area contributed by atoms with Crippen LogP contribution < -0.4 is 10.1 Å². The maximum atomic E-state index is 11.8. The molecule has 1 N–H and O–H groups in total. The van der Waals surface area contributed by atoms with Crippen LogP contribution in [0.2, 0.25) is 0 Å². The average Bonchev–Trinajstić information content (AvgIpc) is 2.89. The Balaban J connectivity index is 1.96. The number of fused-ring (bicyclic) bond motifs is 1. The van der Waals surface area contributed by atoms with Crippen LogP contribution in [0.5, 0.6) is 5.75 Å². The molecule has 0 aliphatic carbocycles. The van der Waals surface area contributed by atoms with Crippen molar-refractivity contribution in [1.82, 2.24) is 5.32 Å². The van der Waals surface area contributed by atoms with Crippen LogP contribution in [-0.2, 0) is 22.5 Å². The molecule has 0 bridgehead atoms. The number of carbonyl (C=O) groups excluding carboxylic acids is 1. The van der Waals surface area contributed by atoms with Crippen LogP contribution in [0.15, 0.2) is 18.2 Å². The molecule has 1 aromatic rings. The maximum absolute atomic E-state index is 11.8. The first-order chi connectivity index (χ1) is 9.60. The summed E-state index contributed by atoms with van der Waals surface area (Å²) in [6.07, 6.45) is 1.75. The minimum absolute atomic E-state index is 0.191. The van der Waals surface area contributed by atoms with Crippen molar-refractivity contribution in [2.75, 3.05) is 13.7 Å². The lowest BCUT2D eigenvalue weighted by Crippen LogP contribution is -2.38. The standard InChI is InChI=1S/C16H23NO3/c1-11(2)8-14(16(18)19-3)17-10-12-4-5-15-13(9-12)6-7-20-15/h4-5,9,11,14,17H,6-8,10H2,1-3H3. The van der Waals surface area contributed by atoms with Gasteiger partial charge in [0, 0.05) is 13.0 Å². The Morgan fingerprint density at radius 3 is 2.95 bits per heavy atom. The number of hydrogen-bond acceptors (Lipinski definition) is 4. The molecule has 4 nitrogen and oxygen atoms in total. The minimum Gasteiger partial charge on any atom is -0.493 e. The molecule has 1 atom stereocenters. The lowest BCUT2D eigenvalue weighted by Gasteiger charge is -2.18. The van der Waals surface area contributed by atoms with Gasteiger partial charge in [0.15, 0.2) is 0 Å². The van der Waals surface area contributed by atoms with Crippen LogP contribution in [0.1, 0.15) is 31.4 Å². The van der Waals surface area contributed by atoms with Gasteiger partial charge in [0.25, 0.3) is 0 Å². The monoisotopic (exact) mass is 277 g/mol. The van der Waals surface area contributed by atoms with Gasteiger partial charge in [0.2, 0.25) is 0 Å². The smallest absolute Gasteiger partial charge is 0.322 e. The van der Waals surface area contributed by atoms with Crippen molar-refractivity contribution < 1.29 is 14.3 Å². The Labute approximate surface area is 120 Å². The van der Waals surface area contributed by atoms with Gasteiger partial charge in [0.05, 0.1) is 13.7 Å². The topological polar surface area (TPSA) is 47.6 Å². The lowest BCUT2D eigenvalue weighted by atomic mass is 10.0. The summed E-state index contributed by atoms with van der Waals surface area (Å²) in [7, 11) is 1.43. The van der Waals surface area contributed by atoms with Crippen LogP contribution in [-0.4, -0.2) is 25.7 Å². The van der Waals surface area contributed by atoms with Gasteiger partial charge in [-0.3, -0.25) is 4.79 Å². The molecule has 0 saturated heterocycles. The fraction of sp³-hybridized carbons (Fsp3) is 0.562. The van der Waals surface area contributed by atoms with Crippen molar-refractivity contribution in [2.24, 2.45) is 5.92 Å². The third kappa shape index (κ3) is 3.73. The number of methoxy groups -OCH3 is 1. The molecule has 0 fully saturated rings. The number of hydrogen-bond donors (Lipinski definition) is 1. The van der Waals surface area contributed by atoms with Gasteiger partial charge in [-0.05, 0) is 29.5 Å². The Bertz CT molecular complexity index is 471. The number of rotatable bonds is 6. The highest BCUT2D eigenvalue weighted by atomic mass is 16.5. The average molecular weight is 277 g/mol. The number of esters is 1. The van der Waals surface area contributed by atoms with Crippen LogP contribution in [0.3, 0.4) is 0 Å². The van der Waals surface area contributed by atoms with E-state index in [2.05, 4.69) is 25.2 Å². The molecule has 1 aliphatic rings. The summed E-state index contributed by atoms with van der Waals surface area (Å²) >= 11 is 0. The molecule has 0 aromatic heterocycles. The summed E-state index contributed by atoms with van der Waals surface area (Å²) in [5.41, 5.74) is 2.43. The SMILES string of the molecule is COC(=O)C(CC(C)C)NCc1ccc2c(c1)CCO2. The van der Waals surface area contributed by atoms with Crippen molar-refractivity contribution in [2.45, 2.75) is 39.3 Å². The minimum atomic E-state index is -0.246. The van der Waals surface area contributed by atoms with Gasteiger partial charge in [-0.15, -0.1) is 0 Å². The van der Waals surface area contributed by atoms with E-state index < -0.39 is 0 Å². The van der Waals surface area contributed by atoms with E-state index in [0.29, 0.717) is 12.5 Å². The first kappa shape index (κ1) is 14.9. The van der Waals surface area contributed by atoms with E-state index in [1.165, 1.54) is 18.2 Å². The van der Waals surface area contributed by atoms with E-state index in [0.717, 1.165) is 25.2 Å². The Morgan fingerprint density at radius 2 is 2.25 bits per heavy atom. The van der Waals surface area contributed by atoms with Gasteiger partial charge in [0.1, 0.15) is 11.8 Å². The molecule has 0 spiro atoms. The Kier molecular flexibility index (Phi) is 5.01. The molecule has 2 rings (SSSR count). The zero-order chi connectivity index (χ0) is 14.5. The number of benzene rings is 1. The van der Waals surface area contributed by atoms with E-state index in [1.807, 2.05) is 12.1 Å². The van der Waals surface area contributed by atoms with E-state index in [1.54, 1.807) is 0 Å². The van der Waals surface area contributed by atoms with Crippen LogP contribution in [0, 0.1) is 5.92 Å². The Hall–Kier alpha value is -1.55. The highest BCUT2D eigenvalue weighted by Gasteiger charge is 2.20.